The molecule has 0 aliphatic carbocycles. The van der Waals surface area contributed by atoms with Crippen molar-refractivity contribution in [1.82, 2.24) is 5.32 Å². The largest absolute Gasteiger partial charge is 0.343 e. The van der Waals surface area contributed by atoms with Crippen LogP contribution in [0.1, 0.15) is 10.4 Å². The third kappa shape index (κ3) is 4.64. The van der Waals surface area contributed by atoms with Crippen molar-refractivity contribution in [3.05, 3.63) is 63.6 Å². The van der Waals surface area contributed by atoms with Gasteiger partial charge in [0, 0.05) is 17.3 Å². The highest BCUT2D eigenvalue weighted by Crippen LogP contribution is 2.22. The van der Waals surface area contributed by atoms with Gasteiger partial charge in [-0.25, -0.2) is 8.78 Å². The molecule has 0 aliphatic rings. The zero-order valence-corrected chi connectivity index (χ0v) is 13.0. The Morgan fingerprint density at radius 3 is 2.35 bits per heavy atom. The van der Waals surface area contributed by atoms with Crippen LogP contribution in [0.5, 0.6) is 0 Å². The molecule has 0 unspecified atom stereocenters. The smallest absolute Gasteiger partial charge is 0.251 e. The fourth-order valence-corrected chi connectivity index (χ4v) is 1.98. The van der Waals surface area contributed by atoms with Crippen LogP contribution in [0.2, 0.25) is 10.0 Å². The van der Waals surface area contributed by atoms with Crippen molar-refractivity contribution in [2.45, 2.75) is 0 Å². The molecule has 2 rings (SSSR count). The average molecular weight is 359 g/mol. The average Bonchev–Trinajstić information content (AvgIpc) is 2.51. The number of carbonyl (C=O) groups excluding carboxylic acids is 2. The van der Waals surface area contributed by atoms with Crippen molar-refractivity contribution >= 4 is 40.7 Å². The van der Waals surface area contributed by atoms with E-state index in [0.717, 1.165) is 12.1 Å². The molecule has 0 fully saturated rings. The molecule has 23 heavy (non-hydrogen) atoms. The molecule has 0 bridgehead atoms. The van der Waals surface area contributed by atoms with Crippen LogP contribution in [-0.2, 0) is 4.79 Å². The van der Waals surface area contributed by atoms with Crippen molar-refractivity contribution in [3.63, 3.8) is 0 Å². The van der Waals surface area contributed by atoms with Gasteiger partial charge in [0.2, 0.25) is 5.91 Å². The van der Waals surface area contributed by atoms with E-state index >= 15 is 0 Å². The Kier molecular flexibility index (Phi) is 5.52. The molecule has 2 aromatic rings. The second-order valence-electron chi connectivity index (χ2n) is 4.49. The lowest BCUT2D eigenvalue weighted by Gasteiger charge is -2.08. The van der Waals surface area contributed by atoms with Crippen molar-refractivity contribution in [3.8, 4) is 0 Å². The Hall–Kier alpha value is -2.18. The van der Waals surface area contributed by atoms with E-state index in [2.05, 4.69) is 10.6 Å². The summed E-state index contributed by atoms with van der Waals surface area (Å²) in [5, 5.41) is 5.22. The van der Waals surface area contributed by atoms with Crippen LogP contribution in [0.4, 0.5) is 14.5 Å². The summed E-state index contributed by atoms with van der Waals surface area (Å²) in [5.41, 5.74) is 0.317. The first kappa shape index (κ1) is 17.2. The molecule has 2 amide bonds. The van der Waals surface area contributed by atoms with Crippen LogP contribution < -0.4 is 10.6 Å². The summed E-state index contributed by atoms with van der Waals surface area (Å²) >= 11 is 11.5. The number of nitrogens with one attached hydrogen (secondary N) is 2. The van der Waals surface area contributed by atoms with E-state index in [9.17, 15) is 18.4 Å². The molecular weight excluding hydrogens is 349 g/mol. The maximum Gasteiger partial charge on any atom is 0.251 e. The lowest BCUT2D eigenvalue weighted by Crippen LogP contribution is -2.32. The standard InChI is InChI=1S/C15H10Cl2F2N2O2/c16-10-3-1-8(5-11(10)17)15(23)20-7-14(22)21-9-2-4-12(18)13(19)6-9/h1-6H,7H2,(H,20,23)(H,21,22). The number of hydrogen-bond donors (Lipinski definition) is 2. The monoisotopic (exact) mass is 358 g/mol. The zero-order valence-electron chi connectivity index (χ0n) is 11.5. The molecular formula is C15H10Cl2F2N2O2. The number of amides is 2. The minimum atomic E-state index is -1.08. The summed E-state index contributed by atoms with van der Waals surface area (Å²) in [5.74, 6) is -3.22. The maximum absolute atomic E-state index is 13.0. The van der Waals surface area contributed by atoms with Crippen molar-refractivity contribution in [1.29, 1.82) is 0 Å². The van der Waals surface area contributed by atoms with Crippen molar-refractivity contribution < 1.29 is 18.4 Å². The lowest BCUT2D eigenvalue weighted by molar-refractivity contribution is -0.115. The molecule has 0 heterocycles. The molecule has 4 nitrogen and oxygen atoms in total. The number of halogens is 4. The molecule has 8 heteroatoms. The molecule has 0 saturated carbocycles. The van der Waals surface area contributed by atoms with Gasteiger partial charge >= 0.3 is 0 Å². The quantitative estimate of drug-likeness (QED) is 0.876. The predicted molar refractivity (Wildman–Crippen MR) is 83.8 cm³/mol. The topological polar surface area (TPSA) is 58.2 Å². The number of hydrogen-bond acceptors (Lipinski definition) is 2. The van der Waals surface area contributed by atoms with Gasteiger partial charge in [0.05, 0.1) is 16.6 Å². The SMILES string of the molecule is O=C(CNC(=O)c1ccc(Cl)c(Cl)c1)Nc1ccc(F)c(F)c1. The molecule has 0 aliphatic heterocycles. The Balaban J connectivity index is 1.91. The van der Waals surface area contributed by atoms with E-state index < -0.39 is 23.4 Å². The van der Waals surface area contributed by atoms with Crippen LogP contribution in [0.3, 0.4) is 0 Å². The summed E-state index contributed by atoms with van der Waals surface area (Å²) in [6.45, 7) is -0.349. The first-order valence-corrected chi connectivity index (χ1v) is 7.10. The van der Waals surface area contributed by atoms with E-state index in [1.54, 1.807) is 0 Å². The van der Waals surface area contributed by atoms with Gasteiger partial charge in [-0.15, -0.1) is 0 Å². The fraction of sp³-hybridized carbons (Fsp3) is 0.0667. The molecule has 0 atom stereocenters. The van der Waals surface area contributed by atoms with Gasteiger partial charge in [0.1, 0.15) is 0 Å². The van der Waals surface area contributed by atoms with Crippen LogP contribution in [0.15, 0.2) is 36.4 Å². The summed E-state index contributed by atoms with van der Waals surface area (Å²) in [7, 11) is 0. The predicted octanol–water partition coefficient (Wildman–Crippen LogP) is 3.64. The Bertz CT molecular complexity index is 769. The second kappa shape index (κ2) is 7.39. The van der Waals surface area contributed by atoms with Gasteiger partial charge in [0.15, 0.2) is 11.6 Å². The number of anilines is 1. The minimum absolute atomic E-state index is 0.0812. The lowest BCUT2D eigenvalue weighted by atomic mass is 10.2. The Morgan fingerprint density at radius 1 is 0.957 bits per heavy atom. The first-order valence-electron chi connectivity index (χ1n) is 6.35. The Labute approximate surface area is 140 Å². The highest BCUT2D eigenvalue weighted by Gasteiger charge is 2.11. The number of rotatable bonds is 4. The van der Waals surface area contributed by atoms with E-state index in [0.29, 0.717) is 5.02 Å². The summed E-state index contributed by atoms with van der Waals surface area (Å²) in [6.07, 6.45) is 0. The van der Waals surface area contributed by atoms with E-state index in [4.69, 9.17) is 23.2 Å². The number of benzene rings is 2. The van der Waals surface area contributed by atoms with Gasteiger partial charge in [-0.05, 0) is 30.3 Å². The van der Waals surface area contributed by atoms with Crippen LogP contribution >= 0.6 is 23.2 Å². The molecule has 0 saturated heterocycles. The van der Waals surface area contributed by atoms with Crippen LogP contribution in [-0.4, -0.2) is 18.4 Å². The molecule has 0 radical (unpaired) electrons. The highest BCUT2D eigenvalue weighted by molar-refractivity contribution is 6.42. The molecule has 2 aromatic carbocycles. The Morgan fingerprint density at radius 2 is 1.70 bits per heavy atom. The van der Waals surface area contributed by atoms with Crippen molar-refractivity contribution in [2.24, 2.45) is 0 Å². The first-order chi connectivity index (χ1) is 10.9. The zero-order chi connectivity index (χ0) is 17.0. The highest BCUT2D eigenvalue weighted by atomic mass is 35.5. The van der Waals surface area contributed by atoms with E-state index in [1.807, 2.05) is 0 Å². The van der Waals surface area contributed by atoms with Crippen molar-refractivity contribution in [2.75, 3.05) is 11.9 Å². The maximum atomic E-state index is 13.0. The molecule has 2 N–H and O–H groups in total. The van der Waals surface area contributed by atoms with Gasteiger partial charge in [-0.1, -0.05) is 23.2 Å². The third-order valence-corrected chi connectivity index (χ3v) is 3.53. The normalized spacial score (nSPS) is 10.3. The number of carbonyl (C=O) groups is 2. The van der Waals surface area contributed by atoms with Gasteiger partial charge < -0.3 is 10.6 Å². The van der Waals surface area contributed by atoms with Gasteiger partial charge in [-0.2, -0.15) is 0 Å². The van der Waals surface area contributed by atoms with E-state index in [-0.39, 0.29) is 22.8 Å². The summed E-state index contributed by atoms with van der Waals surface area (Å²) in [4.78, 5) is 23.5. The summed E-state index contributed by atoms with van der Waals surface area (Å²) in [6, 6.07) is 7.22. The molecule has 0 spiro atoms. The summed E-state index contributed by atoms with van der Waals surface area (Å²) < 4.78 is 25.8. The second-order valence-corrected chi connectivity index (χ2v) is 5.30. The minimum Gasteiger partial charge on any atom is -0.343 e. The van der Waals surface area contributed by atoms with E-state index in [1.165, 1.54) is 24.3 Å². The fourth-order valence-electron chi connectivity index (χ4n) is 1.68. The van der Waals surface area contributed by atoms with Gasteiger partial charge in [0.25, 0.3) is 5.91 Å². The van der Waals surface area contributed by atoms with Gasteiger partial charge in [-0.3, -0.25) is 9.59 Å². The van der Waals surface area contributed by atoms with Crippen LogP contribution in [0, 0.1) is 11.6 Å². The third-order valence-electron chi connectivity index (χ3n) is 2.79. The van der Waals surface area contributed by atoms with Crippen LogP contribution in [0.25, 0.3) is 0 Å². The molecule has 0 aromatic heterocycles. The molecule has 120 valence electrons.